The van der Waals surface area contributed by atoms with E-state index in [2.05, 4.69) is 22.4 Å². The Morgan fingerprint density at radius 3 is 3.18 bits per heavy atom. The number of ether oxygens (including phenoxy) is 1. The molecule has 1 aromatic carbocycles. The van der Waals surface area contributed by atoms with E-state index in [9.17, 15) is 4.79 Å². The summed E-state index contributed by atoms with van der Waals surface area (Å²) in [4.78, 5) is 16.6. The predicted octanol–water partition coefficient (Wildman–Crippen LogP) is 1.88. The number of nitrogens with one attached hydrogen (secondary N) is 1. The lowest BCUT2D eigenvalue weighted by atomic mass is 10.0. The molecule has 0 bridgehead atoms. The van der Waals surface area contributed by atoms with Crippen LogP contribution in [0.5, 0.6) is 0 Å². The van der Waals surface area contributed by atoms with Crippen molar-refractivity contribution in [2.45, 2.75) is 31.8 Å². The molecule has 1 amide bonds. The van der Waals surface area contributed by atoms with Gasteiger partial charge in [-0.3, -0.25) is 4.79 Å². The highest BCUT2D eigenvalue weighted by atomic mass is 16.5. The zero-order valence-electron chi connectivity index (χ0n) is 12.8. The Kier molecular flexibility index (Phi) is 4.53. The number of imidazole rings is 1. The summed E-state index contributed by atoms with van der Waals surface area (Å²) in [6.45, 7) is 1.88. The normalized spacial score (nSPS) is 16.5. The summed E-state index contributed by atoms with van der Waals surface area (Å²) >= 11 is 0. The third-order valence-electron chi connectivity index (χ3n) is 4.23. The largest absolute Gasteiger partial charge is 0.383 e. The molecule has 0 spiro atoms. The molecule has 116 valence electrons. The van der Waals surface area contributed by atoms with Gasteiger partial charge in [0.05, 0.1) is 31.1 Å². The van der Waals surface area contributed by atoms with Crippen LogP contribution in [-0.2, 0) is 29.0 Å². The molecule has 5 nitrogen and oxygen atoms in total. The number of methoxy groups -OCH3 is 1. The fraction of sp³-hybridized carbons (Fsp3) is 0.412. The first-order chi connectivity index (χ1) is 10.8. The Labute approximate surface area is 130 Å². The fourth-order valence-electron chi connectivity index (χ4n) is 3.02. The van der Waals surface area contributed by atoms with Gasteiger partial charge < -0.3 is 14.6 Å². The lowest BCUT2D eigenvalue weighted by Gasteiger charge is -2.13. The zero-order chi connectivity index (χ0) is 15.4. The van der Waals surface area contributed by atoms with Crippen molar-refractivity contribution >= 4 is 5.91 Å². The molecular weight excluding hydrogens is 278 g/mol. The molecular formula is C17H21N3O2. The van der Waals surface area contributed by atoms with Crippen LogP contribution in [0.3, 0.4) is 0 Å². The Bertz CT molecular complexity index is 651. The number of amides is 1. The van der Waals surface area contributed by atoms with Gasteiger partial charge in [-0.15, -0.1) is 0 Å². The summed E-state index contributed by atoms with van der Waals surface area (Å²) in [7, 11) is 1.68. The van der Waals surface area contributed by atoms with E-state index in [1.165, 1.54) is 11.1 Å². The maximum atomic E-state index is 12.5. The van der Waals surface area contributed by atoms with Gasteiger partial charge in [-0.25, -0.2) is 4.98 Å². The summed E-state index contributed by atoms with van der Waals surface area (Å²) in [5, 5.41) is 3.04. The molecule has 2 aromatic rings. The van der Waals surface area contributed by atoms with Gasteiger partial charge in [-0.2, -0.15) is 0 Å². The summed E-state index contributed by atoms with van der Waals surface area (Å²) in [5.74, 6) is 0.0796. The maximum Gasteiger partial charge on any atom is 0.227 e. The number of nitrogens with zero attached hydrogens (tertiary/aromatic N) is 2. The van der Waals surface area contributed by atoms with Crippen LogP contribution in [0.25, 0.3) is 0 Å². The van der Waals surface area contributed by atoms with Gasteiger partial charge in [0.25, 0.3) is 0 Å². The minimum atomic E-state index is -0.0217. The monoisotopic (exact) mass is 299 g/mol. The van der Waals surface area contributed by atoms with Crippen molar-refractivity contribution < 1.29 is 9.53 Å². The summed E-state index contributed by atoms with van der Waals surface area (Å²) < 4.78 is 7.09. The molecule has 22 heavy (non-hydrogen) atoms. The standard InChI is InChI=1S/C17H21N3O2/c1-22-9-8-20-12-18-10-14(20)11-19-17(21)16-7-6-13-4-2-3-5-15(13)16/h2-5,10,12,16H,6-9,11H2,1H3,(H,19,21). The molecule has 1 unspecified atom stereocenters. The molecule has 0 fully saturated rings. The van der Waals surface area contributed by atoms with Crippen LogP contribution in [0.4, 0.5) is 0 Å². The van der Waals surface area contributed by atoms with Crippen molar-refractivity contribution in [1.82, 2.24) is 14.9 Å². The van der Waals surface area contributed by atoms with Crippen molar-refractivity contribution in [3.8, 4) is 0 Å². The van der Waals surface area contributed by atoms with Crippen LogP contribution < -0.4 is 5.32 Å². The van der Waals surface area contributed by atoms with Crippen LogP contribution in [0.15, 0.2) is 36.8 Å². The second kappa shape index (κ2) is 6.75. The van der Waals surface area contributed by atoms with Gasteiger partial charge in [0.2, 0.25) is 5.91 Å². The van der Waals surface area contributed by atoms with Crippen molar-refractivity contribution in [3.63, 3.8) is 0 Å². The predicted molar refractivity (Wildman–Crippen MR) is 83.5 cm³/mol. The number of carbonyl (C=O) groups is 1. The van der Waals surface area contributed by atoms with Crippen molar-refractivity contribution in [2.75, 3.05) is 13.7 Å². The summed E-state index contributed by atoms with van der Waals surface area (Å²) in [6, 6.07) is 8.22. The number of rotatable bonds is 6. The SMILES string of the molecule is COCCn1cncc1CNC(=O)C1CCc2ccccc21. The maximum absolute atomic E-state index is 12.5. The quantitative estimate of drug-likeness (QED) is 0.886. The highest BCUT2D eigenvalue weighted by Crippen LogP contribution is 2.32. The molecule has 3 rings (SSSR count). The highest BCUT2D eigenvalue weighted by molar-refractivity contribution is 5.84. The number of benzene rings is 1. The van der Waals surface area contributed by atoms with Gasteiger partial charge >= 0.3 is 0 Å². The van der Waals surface area contributed by atoms with E-state index >= 15 is 0 Å². The van der Waals surface area contributed by atoms with Gasteiger partial charge in [0, 0.05) is 19.9 Å². The van der Waals surface area contributed by atoms with Gasteiger partial charge in [0.1, 0.15) is 0 Å². The number of aromatic nitrogens is 2. The number of aryl methyl sites for hydroxylation is 1. The van der Waals surface area contributed by atoms with E-state index in [-0.39, 0.29) is 11.8 Å². The first-order valence-electron chi connectivity index (χ1n) is 7.63. The molecule has 1 N–H and O–H groups in total. The van der Waals surface area contributed by atoms with E-state index in [1.54, 1.807) is 19.6 Å². The Morgan fingerprint density at radius 2 is 2.32 bits per heavy atom. The first kappa shape index (κ1) is 14.8. The van der Waals surface area contributed by atoms with E-state index in [0.717, 1.165) is 25.1 Å². The van der Waals surface area contributed by atoms with Gasteiger partial charge in [-0.05, 0) is 24.0 Å². The van der Waals surface area contributed by atoms with Crippen LogP contribution in [0.2, 0.25) is 0 Å². The number of hydrogen-bond acceptors (Lipinski definition) is 3. The van der Waals surface area contributed by atoms with E-state index in [1.807, 2.05) is 16.7 Å². The molecule has 0 radical (unpaired) electrons. The topological polar surface area (TPSA) is 56.1 Å². The lowest BCUT2D eigenvalue weighted by Crippen LogP contribution is -2.29. The molecule has 0 saturated heterocycles. The molecule has 1 aromatic heterocycles. The van der Waals surface area contributed by atoms with Gasteiger partial charge in [0.15, 0.2) is 0 Å². The summed E-state index contributed by atoms with van der Waals surface area (Å²) in [6.07, 6.45) is 5.44. The Morgan fingerprint density at radius 1 is 1.45 bits per heavy atom. The van der Waals surface area contributed by atoms with Crippen LogP contribution in [0.1, 0.15) is 29.2 Å². The number of fused-ring (bicyclic) bond motifs is 1. The third-order valence-corrected chi connectivity index (χ3v) is 4.23. The Hall–Kier alpha value is -2.14. The molecule has 1 atom stereocenters. The lowest BCUT2D eigenvalue weighted by molar-refractivity contribution is -0.122. The fourth-order valence-corrected chi connectivity index (χ4v) is 3.02. The molecule has 5 heteroatoms. The smallest absolute Gasteiger partial charge is 0.227 e. The number of carbonyl (C=O) groups excluding carboxylic acids is 1. The molecule has 0 aliphatic heterocycles. The molecule has 1 heterocycles. The van der Waals surface area contributed by atoms with Crippen molar-refractivity contribution in [3.05, 3.63) is 53.6 Å². The van der Waals surface area contributed by atoms with Crippen LogP contribution in [0, 0.1) is 0 Å². The second-order valence-electron chi connectivity index (χ2n) is 5.58. The average molecular weight is 299 g/mol. The van der Waals surface area contributed by atoms with E-state index in [0.29, 0.717) is 13.2 Å². The first-order valence-corrected chi connectivity index (χ1v) is 7.63. The van der Waals surface area contributed by atoms with E-state index in [4.69, 9.17) is 4.74 Å². The molecule has 0 saturated carbocycles. The Balaban J connectivity index is 1.61. The highest BCUT2D eigenvalue weighted by Gasteiger charge is 2.27. The van der Waals surface area contributed by atoms with Crippen molar-refractivity contribution in [2.24, 2.45) is 0 Å². The van der Waals surface area contributed by atoms with Crippen molar-refractivity contribution in [1.29, 1.82) is 0 Å². The minimum absolute atomic E-state index is 0.0217. The number of hydrogen-bond donors (Lipinski definition) is 1. The average Bonchev–Trinajstić information content (AvgIpc) is 3.17. The zero-order valence-corrected chi connectivity index (χ0v) is 12.8. The minimum Gasteiger partial charge on any atom is -0.383 e. The molecule has 1 aliphatic carbocycles. The third kappa shape index (κ3) is 3.04. The van der Waals surface area contributed by atoms with Crippen LogP contribution >= 0.6 is 0 Å². The second-order valence-corrected chi connectivity index (χ2v) is 5.58. The van der Waals surface area contributed by atoms with Gasteiger partial charge in [-0.1, -0.05) is 24.3 Å². The van der Waals surface area contributed by atoms with E-state index < -0.39 is 0 Å². The van der Waals surface area contributed by atoms with Crippen LogP contribution in [-0.4, -0.2) is 29.2 Å². The summed E-state index contributed by atoms with van der Waals surface area (Å²) in [5.41, 5.74) is 3.47. The molecule has 1 aliphatic rings.